The van der Waals surface area contributed by atoms with Gasteiger partial charge in [-0.15, -0.1) is 4.37 Å². The quantitative estimate of drug-likeness (QED) is 0.767. The normalized spacial score (nSPS) is 10.2. The molecule has 0 amide bonds. The van der Waals surface area contributed by atoms with Crippen LogP contribution in [0.1, 0.15) is 5.56 Å². The van der Waals surface area contributed by atoms with Crippen molar-refractivity contribution in [3.05, 3.63) is 35.9 Å². The summed E-state index contributed by atoms with van der Waals surface area (Å²) < 4.78 is 10.5. The lowest BCUT2D eigenvalue weighted by Crippen LogP contribution is -1.95. The summed E-state index contributed by atoms with van der Waals surface area (Å²) in [5, 5.41) is 0. The highest BCUT2D eigenvalue weighted by Gasteiger charge is 2.03. The van der Waals surface area contributed by atoms with Crippen LogP contribution in [0, 0.1) is 0 Å². The van der Waals surface area contributed by atoms with E-state index >= 15 is 0 Å². The molecule has 3 nitrogen and oxygen atoms in total. The van der Waals surface area contributed by atoms with E-state index < -0.39 is 0 Å². The van der Waals surface area contributed by atoms with Crippen LogP contribution in [-0.4, -0.2) is 15.6 Å². The van der Waals surface area contributed by atoms with Crippen molar-refractivity contribution in [2.75, 3.05) is 6.26 Å². The van der Waals surface area contributed by atoms with E-state index in [9.17, 15) is 0 Å². The second-order valence-corrected chi connectivity index (χ2v) is 4.63. The van der Waals surface area contributed by atoms with Gasteiger partial charge in [-0.1, -0.05) is 42.1 Å². The van der Waals surface area contributed by atoms with Crippen LogP contribution in [0.25, 0.3) is 0 Å². The van der Waals surface area contributed by atoms with Crippen molar-refractivity contribution in [1.82, 2.24) is 9.36 Å². The van der Waals surface area contributed by atoms with E-state index in [1.54, 1.807) is 11.8 Å². The molecule has 1 heterocycles. The number of thioether (sulfide) groups is 1. The number of nitrogens with zero attached hydrogens (tertiary/aromatic N) is 2. The fraction of sp³-hybridized carbons (Fsp3) is 0.200. The van der Waals surface area contributed by atoms with E-state index in [0.29, 0.717) is 12.6 Å². The molecule has 1 aromatic carbocycles. The first kappa shape index (κ1) is 10.4. The molecule has 0 saturated heterocycles. The Hall–Kier alpha value is -1.07. The molecule has 0 fully saturated rings. The molecule has 0 unspecified atom stereocenters. The van der Waals surface area contributed by atoms with Gasteiger partial charge in [-0.2, -0.15) is 4.98 Å². The largest absolute Gasteiger partial charge is 0.458 e. The van der Waals surface area contributed by atoms with Crippen LogP contribution in [0.5, 0.6) is 6.01 Å². The number of benzene rings is 1. The highest BCUT2D eigenvalue weighted by Crippen LogP contribution is 2.20. The first-order chi connectivity index (χ1) is 7.38. The average Bonchev–Trinajstić information content (AvgIpc) is 2.76. The third-order valence-electron chi connectivity index (χ3n) is 1.77. The van der Waals surface area contributed by atoms with E-state index in [2.05, 4.69) is 9.36 Å². The van der Waals surface area contributed by atoms with Crippen molar-refractivity contribution in [2.24, 2.45) is 0 Å². The second-order valence-electron chi connectivity index (χ2n) is 2.82. The summed E-state index contributed by atoms with van der Waals surface area (Å²) in [6.07, 6.45) is 1.97. The molecule has 0 saturated carbocycles. The summed E-state index contributed by atoms with van der Waals surface area (Å²) in [6, 6.07) is 10.5. The highest BCUT2D eigenvalue weighted by molar-refractivity contribution is 8.00. The van der Waals surface area contributed by atoms with Crippen LogP contribution in [0.2, 0.25) is 0 Å². The lowest BCUT2D eigenvalue weighted by molar-refractivity contribution is 0.283. The van der Waals surface area contributed by atoms with Gasteiger partial charge < -0.3 is 4.74 Å². The fourth-order valence-corrected chi connectivity index (χ4v) is 2.01. The van der Waals surface area contributed by atoms with Gasteiger partial charge in [0.15, 0.2) is 4.34 Å². The molecule has 15 heavy (non-hydrogen) atoms. The topological polar surface area (TPSA) is 35.0 Å². The molecule has 0 aliphatic rings. The molecule has 0 radical (unpaired) electrons. The van der Waals surface area contributed by atoms with E-state index in [1.807, 2.05) is 36.6 Å². The standard InChI is InChI=1S/C10H10N2OS2/c1-14-10-11-9(12-15-10)13-7-8-5-3-2-4-6-8/h2-6H,7H2,1H3. The predicted molar refractivity (Wildman–Crippen MR) is 62.5 cm³/mol. The van der Waals surface area contributed by atoms with E-state index in [4.69, 9.17) is 4.74 Å². The van der Waals surface area contributed by atoms with Gasteiger partial charge in [0.25, 0.3) is 0 Å². The lowest BCUT2D eigenvalue weighted by atomic mass is 10.2. The van der Waals surface area contributed by atoms with Crippen LogP contribution >= 0.6 is 23.3 Å². The minimum absolute atomic E-state index is 0.466. The van der Waals surface area contributed by atoms with Gasteiger partial charge in [0.2, 0.25) is 0 Å². The van der Waals surface area contributed by atoms with Gasteiger partial charge in [0, 0.05) is 0 Å². The van der Waals surface area contributed by atoms with Crippen molar-refractivity contribution < 1.29 is 4.74 Å². The zero-order valence-electron chi connectivity index (χ0n) is 8.21. The molecular formula is C10H10N2OS2. The maximum atomic E-state index is 5.45. The number of aromatic nitrogens is 2. The first-order valence-corrected chi connectivity index (χ1v) is 6.43. The Morgan fingerprint density at radius 3 is 2.80 bits per heavy atom. The van der Waals surface area contributed by atoms with Crippen molar-refractivity contribution in [1.29, 1.82) is 0 Å². The van der Waals surface area contributed by atoms with Gasteiger partial charge in [-0.3, -0.25) is 0 Å². The molecule has 2 aromatic rings. The maximum Gasteiger partial charge on any atom is 0.329 e. The summed E-state index contributed by atoms with van der Waals surface area (Å²) in [5.41, 5.74) is 1.12. The van der Waals surface area contributed by atoms with Gasteiger partial charge in [0.05, 0.1) is 0 Å². The van der Waals surface area contributed by atoms with E-state index in [0.717, 1.165) is 9.90 Å². The molecule has 0 N–H and O–H groups in total. The molecule has 5 heteroatoms. The molecule has 0 spiro atoms. The molecule has 0 atom stereocenters. The number of hydrogen-bond acceptors (Lipinski definition) is 5. The Kier molecular flexibility index (Phi) is 3.58. The molecule has 0 bridgehead atoms. The Balaban J connectivity index is 1.93. The molecule has 1 aromatic heterocycles. The number of ether oxygens (including phenoxy) is 1. The lowest BCUT2D eigenvalue weighted by Gasteiger charge is -2.00. The monoisotopic (exact) mass is 238 g/mol. The van der Waals surface area contributed by atoms with Crippen LogP contribution < -0.4 is 4.74 Å². The minimum atomic E-state index is 0.466. The van der Waals surface area contributed by atoms with Crippen molar-refractivity contribution in [3.8, 4) is 6.01 Å². The molecule has 2 rings (SSSR count). The summed E-state index contributed by atoms with van der Waals surface area (Å²) in [4.78, 5) is 4.19. The summed E-state index contributed by atoms with van der Waals surface area (Å²) in [6.45, 7) is 0.519. The summed E-state index contributed by atoms with van der Waals surface area (Å²) >= 11 is 2.94. The van der Waals surface area contributed by atoms with Gasteiger partial charge in [-0.05, 0) is 23.4 Å². The Labute approximate surface area is 96.7 Å². The smallest absolute Gasteiger partial charge is 0.329 e. The zero-order chi connectivity index (χ0) is 10.5. The van der Waals surface area contributed by atoms with Crippen LogP contribution in [0.4, 0.5) is 0 Å². The minimum Gasteiger partial charge on any atom is -0.458 e. The van der Waals surface area contributed by atoms with Gasteiger partial charge >= 0.3 is 6.01 Å². The Morgan fingerprint density at radius 1 is 1.33 bits per heavy atom. The average molecular weight is 238 g/mol. The summed E-state index contributed by atoms with van der Waals surface area (Å²) in [5.74, 6) is 0. The van der Waals surface area contributed by atoms with Crippen LogP contribution in [0.3, 0.4) is 0 Å². The van der Waals surface area contributed by atoms with Crippen molar-refractivity contribution >= 4 is 23.3 Å². The zero-order valence-corrected chi connectivity index (χ0v) is 9.85. The van der Waals surface area contributed by atoms with Crippen molar-refractivity contribution in [3.63, 3.8) is 0 Å². The second kappa shape index (κ2) is 5.14. The Morgan fingerprint density at radius 2 is 2.13 bits per heavy atom. The molecular weight excluding hydrogens is 228 g/mol. The van der Waals surface area contributed by atoms with Gasteiger partial charge in [-0.25, -0.2) is 0 Å². The number of hydrogen-bond donors (Lipinski definition) is 0. The molecule has 78 valence electrons. The SMILES string of the molecule is CSc1nc(OCc2ccccc2)ns1. The van der Waals surface area contributed by atoms with Gasteiger partial charge in [0.1, 0.15) is 6.61 Å². The van der Waals surface area contributed by atoms with E-state index in [1.165, 1.54) is 11.5 Å². The first-order valence-electron chi connectivity index (χ1n) is 4.43. The fourth-order valence-electron chi connectivity index (χ4n) is 1.06. The Bertz CT molecular complexity index is 416. The predicted octanol–water partition coefficient (Wildman–Crippen LogP) is 2.84. The van der Waals surface area contributed by atoms with E-state index in [-0.39, 0.29) is 0 Å². The number of rotatable bonds is 4. The van der Waals surface area contributed by atoms with Crippen LogP contribution in [-0.2, 0) is 6.61 Å². The van der Waals surface area contributed by atoms with Crippen LogP contribution in [0.15, 0.2) is 34.7 Å². The van der Waals surface area contributed by atoms with Crippen molar-refractivity contribution in [2.45, 2.75) is 10.9 Å². The summed E-state index contributed by atoms with van der Waals surface area (Å²) in [7, 11) is 0. The maximum absolute atomic E-state index is 5.45. The molecule has 0 aliphatic carbocycles. The third-order valence-corrected chi connectivity index (χ3v) is 3.43. The highest BCUT2D eigenvalue weighted by atomic mass is 32.2. The molecule has 0 aliphatic heterocycles. The third kappa shape index (κ3) is 2.94.